The first-order chi connectivity index (χ1) is 6.72. The van der Waals surface area contributed by atoms with E-state index in [1.54, 1.807) is 13.0 Å². The number of rotatable bonds is 2. The third kappa shape index (κ3) is 3.28. The number of hydrogen-bond donors (Lipinski definition) is 0. The van der Waals surface area contributed by atoms with Crippen LogP contribution in [-0.4, -0.2) is 0 Å². The van der Waals surface area contributed by atoms with Crippen molar-refractivity contribution in [2.45, 2.75) is 13.8 Å². The molecule has 0 aliphatic heterocycles. The van der Waals surface area contributed by atoms with Gasteiger partial charge in [-0.2, -0.15) is 5.26 Å². The highest BCUT2D eigenvalue weighted by Crippen LogP contribution is 2.05. The second-order valence-corrected chi connectivity index (χ2v) is 3.23. The lowest BCUT2D eigenvalue weighted by molar-refractivity contribution is 1.44. The third-order valence-corrected chi connectivity index (χ3v) is 1.89. The highest BCUT2D eigenvalue weighted by atomic mass is 14.2. The predicted octanol–water partition coefficient (Wildman–Crippen LogP) is 3.48. The van der Waals surface area contributed by atoms with Crippen molar-refractivity contribution in [3.8, 4) is 6.07 Å². The molecule has 0 radical (unpaired) electrons. The normalized spacial score (nSPS) is 11.6. The summed E-state index contributed by atoms with van der Waals surface area (Å²) >= 11 is 0. The van der Waals surface area contributed by atoms with E-state index in [-0.39, 0.29) is 0 Å². The molecule has 0 unspecified atom stereocenters. The van der Waals surface area contributed by atoms with Gasteiger partial charge < -0.3 is 0 Å². The summed E-state index contributed by atoms with van der Waals surface area (Å²) in [5.41, 5.74) is 3.12. The maximum atomic E-state index is 8.52. The van der Waals surface area contributed by atoms with Gasteiger partial charge in [-0.1, -0.05) is 42.0 Å². The van der Waals surface area contributed by atoms with Crippen LogP contribution in [0.15, 0.2) is 42.0 Å². The molecule has 1 aromatic rings. The van der Waals surface area contributed by atoms with E-state index in [1.807, 2.05) is 12.2 Å². The third-order valence-electron chi connectivity index (χ3n) is 1.89. The Kier molecular flexibility index (Phi) is 3.69. The molecule has 0 saturated heterocycles. The van der Waals surface area contributed by atoms with Gasteiger partial charge in [0.15, 0.2) is 0 Å². The van der Waals surface area contributed by atoms with Gasteiger partial charge in [0.2, 0.25) is 0 Å². The van der Waals surface area contributed by atoms with Gasteiger partial charge in [0, 0.05) is 5.57 Å². The quantitative estimate of drug-likeness (QED) is 0.508. The van der Waals surface area contributed by atoms with Gasteiger partial charge in [-0.3, -0.25) is 0 Å². The van der Waals surface area contributed by atoms with Crippen molar-refractivity contribution >= 4 is 6.08 Å². The van der Waals surface area contributed by atoms with E-state index in [0.717, 1.165) is 5.56 Å². The Hall–Kier alpha value is -1.81. The molecule has 0 aromatic heterocycles. The molecule has 0 amide bonds. The minimum Gasteiger partial charge on any atom is -0.193 e. The van der Waals surface area contributed by atoms with E-state index in [1.165, 1.54) is 5.56 Å². The molecule has 1 rings (SSSR count). The Morgan fingerprint density at radius 2 is 1.93 bits per heavy atom. The standard InChI is InChI=1S/C13H13N/c1-11-6-8-13(9-7-11)5-3-4-12(2)10-14/h3-9H,1-2H3. The summed E-state index contributed by atoms with van der Waals surface area (Å²) in [4.78, 5) is 0. The van der Waals surface area contributed by atoms with Crippen LogP contribution in [-0.2, 0) is 0 Å². The largest absolute Gasteiger partial charge is 0.193 e. The molecule has 0 atom stereocenters. The first-order valence-electron chi connectivity index (χ1n) is 4.54. The second-order valence-electron chi connectivity index (χ2n) is 3.23. The van der Waals surface area contributed by atoms with Crippen LogP contribution >= 0.6 is 0 Å². The van der Waals surface area contributed by atoms with Gasteiger partial charge in [-0.05, 0) is 25.5 Å². The second kappa shape index (κ2) is 5.04. The Morgan fingerprint density at radius 3 is 2.50 bits per heavy atom. The van der Waals surface area contributed by atoms with Crippen molar-refractivity contribution in [1.82, 2.24) is 0 Å². The minimum atomic E-state index is 0.716. The average Bonchev–Trinajstić information content (AvgIpc) is 2.21. The molecular formula is C13H13N. The number of nitriles is 1. The summed E-state index contributed by atoms with van der Waals surface area (Å²) in [5, 5.41) is 8.52. The fourth-order valence-electron chi connectivity index (χ4n) is 1.02. The number of aryl methyl sites for hydroxylation is 1. The molecule has 1 aromatic carbocycles. The first kappa shape index (κ1) is 10.3. The lowest BCUT2D eigenvalue weighted by atomic mass is 10.1. The van der Waals surface area contributed by atoms with Crippen molar-refractivity contribution < 1.29 is 0 Å². The molecule has 1 nitrogen and oxygen atoms in total. The van der Waals surface area contributed by atoms with Crippen molar-refractivity contribution in [2.24, 2.45) is 0 Å². The number of hydrogen-bond acceptors (Lipinski definition) is 1. The van der Waals surface area contributed by atoms with E-state index >= 15 is 0 Å². The Labute approximate surface area is 85.0 Å². The summed E-state index contributed by atoms with van der Waals surface area (Å²) in [6, 6.07) is 10.3. The van der Waals surface area contributed by atoms with E-state index < -0.39 is 0 Å². The van der Waals surface area contributed by atoms with Crippen LogP contribution in [0.3, 0.4) is 0 Å². The van der Waals surface area contributed by atoms with Crippen molar-refractivity contribution in [3.63, 3.8) is 0 Å². The van der Waals surface area contributed by atoms with Gasteiger partial charge in [0.1, 0.15) is 0 Å². The molecule has 0 saturated carbocycles. The molecular weight excluding hydrogens is 170 g/mol. The zero-order valence-electron chi connectivity index (χ0n) is 8.49. The van der Waals surface area contributed by atoms with Gasteiger partial charge in [-0.15, -0.1) is 0 Å². The van der Waals surface area contributed by atoms with Gasteiger partial charge in [-0.25, -0.2) is 0 Å². The molecule has 0 spiro atoms. The van der Waals surface area contributed by atoms with E-state index in [2.05, 4.69) is 37.3 Å². The van der Waals surface area contributed by atoms with Gasteiger partial charge in [0.25, 0.3) is 0 Å². The monoisotopic (exact) mass is 183 g/mol. The lowest BCUT2D eigenvalue weighted by Gasteiger charge is -1.93. The van der Waals surface area contributed by atoms with Crippen LogP contribution in [0, 0.1) is 18.3 Å². The molecule has 0 bridgehead atoms. The highest BCUT2D eigenvalue weighted by Gasteiger charge is 1.85. The van der Waals surface area contributed by atoms with Crippen molar-refractivity contribution in [1.29, 1.82) is 5.26 Å². The van der Waals surface area contributed by atoms with Crippen LogP contribution in [0.5, 0.6) is 0 Å². The molecule has 0 aliphatic rings. The molecule has 1 heteroatoms. The topological polar surface area (TPSA) is 23.8 Å². The fourth-order valence-corrected chi connectivity index (χ4v) is 1.02. The molecule has 0 N–H and O–H groups in total. The van der Waals surface area contributed by atoms with Gasteiger partial charge >= 0.3 is 0 Å². The summed E-state index contributed by atoms with van der Waals surface area (Å²) < 4.78 is 0. The molecule has 0 heterocycles. The smallest absolute Gasteiger partial charge is 0.0944 e. The van der Waals surface area contributed by atoms with E-state index in [0.29, 0.717) is 5.57 Å². The van der Waals surface area contributed by atoms with Crippen LogP contribution < -0.4 is 0 Å². The fraction of sp³-hybridized carbons (Fsp3) is 0.154. The first-order valence-corrected chi connectivity index (χ1v) is 4.54. The van der Waals surface area contributed by atoms with Crippen molar-refractivity contribution in [2.75, 3.05) is 0 Å². The van der Waals surface area contributed by atoms with Crippen molar-refractivity contribution in [3.05, 3.63) is 53.1 Å². The zero-order chi connectivity index (χ0) is 10.4. The van der Waals surface area contributed by atoms with E-state index in [4.69, 9.17) is 5.26 Å². The maximum absolute atomic E-state index is 8.52. The lowest BCUT2D eigenvalue weighted by Crippen LogP contribution is -1.73. The highest BCUT2D eigenvalue weighted by molar-refractivity contribution is 5.52. The molecule has 70 valence electrons. The number of benzene rings is 1. The predicted molar refractivity (Wildman–Crippen MR) is 59.6 cm³/mol. The minimum absolute atomic E-state index is 0.716. The Balaban J connectivity index is 2.71. The Bertz CT molecular complexity index is 388. The van der Waals surface area contributed by atoms with Crippen LogP contribution in [0.1, 0.15) is 18.1 Å². The van der Waals surface area contributed by atoms with Crippen LogP contribution in [0.25, 0.3) is 6.08 Å². The summed E-state index contributed by atoms with van der Waals surface area (Å²) in [6.07, 6.45) is 5.68. The molecule has 0 fully saturated rings. The summed E-state index contributed by atoms with van der Waals surface area (Å²) in [6.45, 7) is 3.85. The molecule has 14 heavy (non-hydrogen) atoms. The van der Waals surface area contributed by atoms with Gasteiger partial charge in [0.05, 0.1) is 6.07 Å². The van der Waals surface area contributed by atoms with E-state index in [9.17, 15) is 0 Å². The number of allylic oxidation sites excluding steroid dienone is 3. The Morgan fingerprint density at radius 1 is 1.29 bits per heavy atom. The SMILES string of the molecule is CC(C#N)=CC=Cc1ccc(C)cc1. The van der Waals surface area contributed by atoms with Crippen LogP contribution in [0.4, 0.5) is 0 Å². The van der Waals surface area contributed by atoms with Crippen LogP contribution in [0.2, 0.25) is 0 Å². The number of nitrogens with zero attached hydrogens (tertiary/aromatic N) is 1. The summed E-state index contributed by atoms with van der Waals surface area (Å²) in [5.74, 6) is 0. The maximum Gasteiger partial charge on any atom is 0.0944 e. The zero-order valence-corrected chi connectivity index (χ0v) is 8.49. The molecule has 0 aliphatic carbocycles. The average molecular weight is 183 g/mol. The summed E-state index contributed by atoms with van der Waals surface area (Å²) in [7, 11) is 0.